The summed E-state index contributed by atoms with van der Waals surface area (Å²) < 4.78 is 4.81. The Kier molecular flexibility index (Phi) is 5.26. The summed E-state index contributed by atoms with van der Waals surface area (Å²) in [6.45, 7) is 3.78. The number of ether oxygens (including phenoxy) is 1. The molecule has 1 heterocycles. The first kappa shape index (κ1) is 16.2. The number of imidazole rings is 1. The number of anilines is 1. The molecule has 118 valence electrons. The summed E-state index contributed by atoms with van der Waals surface area (Å²) >= 11 is 1.21. The minimum Gasteiger partial charge on any atom is -0.465 e. The van der Waals surface area contributed by atoms with Crippen LogP contribution in [0.3, 0.4) is 0 Å². The van der Waals surface area contributed by atoms with E-state index in [9.17, 15) is 14.4 Å². The van der Waals surface area contributed by atoms with Crippen molar-refractivity contribution in [3.63, 3.8) is 0 Å². The highest BCUT2D eigenvalue weighted by atomic mass is 32.2. The number of hydrogen-bond donors (Lipinski definition) is 3. The van der Waals surface area contributed by atoms with Crippen molar-refractivity contribution >= 4 is 40.4 Å². The van der Waals surface area contributed by atoms with Crippen LogP contribution in [0.1, 0.15) is 13.8 Å². The number of nitrogens with one attached hydrogen (secondary N) is 3. The van der Waals surface area contributed by atoms with Gasteiger partial charge in [0.05, 0.1) is 28.6 Å². The third-order valence-electron chi connectivity index (χ3n) is 2.91. The number of benzene rings is 1. The summed E-state index contributed by atoms with van der Waals surface area (Å²) in [6.07, 6.45) is 0. The van der Waals surface area contributed by atoms with Gasteiger partial charge in [-0.3, -0.25) is 9.59 Å². The second-order valence-corrected chi connectivity index (χ2v) is 5.92. The molecule has 8 heteroatoms. The molecule has 0 fully saturated rings. The lowest BCUT2D eigenvalue weighted by Gasteiger charge is -2.11. The molecule has 1 amide bonds. The number of rotatable bonds is 6. The molecule has 1 atom stereocenters. The molecule has 3 N–H and O–H groups in total. The van der Waals surface area contributed by atoms with Crippen molar-refractivity contribution in [2.24, 2.45) is 0 Å². The molecule has 0 bridgehead atoms. The summed E-state index contributed by atoms with van der Waals surface area (Å²) in [7, 11) is 0. The van der Waals surface area contributed by atoms with Crippen LogP contribution in [0, 0.1) is 0 Å². The Morgan fingerprint density at radius 2 is 2.05 bits per heavy atom. The Labute approximate surface area is 130 Å². The number of H-pyrrole nitrogens is 2. The van der Waals surface area contributed by atoms with Crippen molar-refractivity contribution in [1.29, 1.82) is 0 Å². The topological polar surface area (TPSA) is 104 Å². The Hall–Kier alpha value is -2.22. The van der Waals surface area contributed by atoms with Crippen molar-refractivity contribution in [2.45, 2.75) is 19.1 Å². The molecule has 2 rings (SSSR count). The predicted octanol–water partition coefficient (Wildman–Crippen LogP) is 1.48. The third kappa shape index (κ3) is 4.14. The van der Waals surface area contributed by atoms with E-state index in [1.807, 2.05) is 0 Å². The molecule has 0 saturated carbocycles. The molecular formula is C14H17N3O4S. The Bertz CT molecular complexity index is 737. The van der Waals surface area contributed by atoms with Crippen molar-refractivity contribution in [3.8, 4) is 0 Å². The van der Waals surface area contributed by atoms with E-state index in [2.05, 4.69) is 15.3 Å². The smallest absolute Gasteiger partial charge is 0.323 e. The van der Waals surface area contributed by atoms with Gasteiger partial charge in [-0.05, 0) is 32.0 Å². The Morgan fingerprint density at radius 1 is 1.32 bits per heavy atom. The monoisotopic (exact) mass is 323 g/mol. The number of aromatic nitrogens is 2. The normalized spacial score (nSPS) is 12.1. The zero-order valence-electron chi connectivity index (χ0n) is 12.3. The van der Waals surface area contributed by atoms with Gasteiger partial charge < -0.3 is 20.0 Å². The number of hydrogen-bond acceptors (Lipinski definition) is 5. The van der Waals surface area contributed by atoms with E-state index in [1.165, 1.54) is 11.8 Å². The molecule has 7 nitrogen and oxygen atoms in total. The number of thioether (sulfide) groups is 1. The van der Waals surface area contributed by atoms with E-state index < -0.39 is 5.25 Å². The predicted molar refractivity (Wildman–Crippen MR) is 86.1 cm³/mol. The van der Waals surface area contributed by atoms with Crippen LogP contribution in [0.4, 0.5) is 5.69 Å². The molecule has 22 heavy (non-hydrogen) atoms. The Morgan fingerprint density at radius 3 is 2.77 bits per heavy atom. The van der Waals surface area contributed by atoms with Crippen LogP contribution in [0.25, 0.3) is 11.0 Å². The van der Waals surface area contributed by atoms with Gasteiger partial charge in [-0.15, -0.1) is 11.8 Å². The summed E-state index contributed by atoms with van der Waals surface area (Å²) in [6, 6.07) is 5.08. The molecular weight excluding hydrogens is 306 g/mol. The van der Waals surface area contributed by atoms with Gasteiger partial charge in [-0.1, -0.05) is 0 Å². The fourth-order valence-corrected chi connectivity index (χ4v) is 2.51. The lowest BCUT2D eigenvalue weighted by molar-refractivity contribution is -0.139. The van der Waals surface area contributed by atoms with Crippen LogP contribution in [0.2, 0.25) is 0 Å². The Balaban J connectivity index is 1.94. The molecule has 0 aliphatic rings. The van der Waals surface area contributed by atoms with E-state index in [1.54, 1.807) is 32.0 Å². The fraction of sp³-hybridized carbons (Fsp3) is 0.357. The number of carbonyl (C=O) groups excluding carboxylic acids is 2. The van der Waals surface area contributed by atoms with Gasteiger partial charge in [-0.2, -0.15) is 0 Å². The van der Waals surface area contributed by atoms with Gasteiger partial charge in [-0.25, -0.2) is 4.79 Å². The van der Waals surface area contributed by atoms with Gasteiger partial charge >= 0.3 is 11.7 Å². The van der Waals surface area contributed by atoms with Gasteiger partial charge in [0.25, 0.3) is 0 Å². The van der Waals surface area contributed by atoms with Crippen LogP contribution >= 0.6 is 11.8 Å². The summed E-state index contributed by atoms with van der Waals surface area (Å²) in [5.74, 6) is -0.419. The van der Waals surface area contributed by atoms with E-state index in [4.69, 9.17) is 4.74 Å². The van der Waals surface area contributed by atoms with Gasteiger partial charge in [0.15, 0.2) is 0 Å². The van der Waals surface area contributed by atoms with E-state index in [0.717, 1.165) is 0 Å². The van der Waals surface area contributed by atoms with Crippen LogP contribution in [0.15, 0.2) is 23.0 Å². The average Bonchev–Trinajstić information content (AvgIpc) is 2.84. The van der Waals surface area contributed by atoms with Crippen LogP contribution in [-0.4, -0.2) is 39.5 Å². The van der Waals surface area contributed by atoms with Crippen molar-refractivity contribution in [1.82, 2.24) is 9.97 Å². The van der Waals surface area contributed by atoms with Crippen molar-refractivity contribution < 1.29 is 14.3 Å². The second kappa shape index (κ2) is 7.17. The maximum Gasteiger partial charge on any atom is 0.323 e. The molecule has 0 unspecified atom stereocenters. The van der Waals surface area contributed by atoms with Gasteiger partial charge in [0.2, 0.25) is 5.91 Å². The van der Waals surface area contributed by atoms with Gasteiger partial charge in [0.1, 0.15) is 0 Å². The first-order valence-electron chi connectivity index (χ1n) is 6.79. The first-order chi connectivity index (χ1) is 10.5. The maximum atomic E-state index is 12.1. The molecule has 2 aromatic rings. The highest BCUT2D eigenvalue weighted by Gasteiger charge is 2.16. The summed E-state index contributed by atoms with van der Waals surface area (Å²) in [4.78, 5) is 39.8. The first-order valence-corrected chi connectivity index (χ1v) is 7.84. The number of fused-ring (bicyclic) bond motifs is 1. The molecule has 1 aromatic heterocycles. The van der Waals surface area contributed by atoms with Crippen LogP contribution in [-0.2, 0) is 14.3 Å². The summed E-state index contributed by atoms with van der Waals surface area (Å²) in [5.41, 5.74) is 1.58. The lowest BCUT2D eigenvalue weighted by Crippen LogP contribution is -2.24. The van der Waals surface area contributed by atoms with Crippen molar-refractivity contribution in [3.05, 3.63) is 28.7 Å². The SMILES string of the molecule is CCOC(=O)CS[C@@H](C)C(=O)Nc1ccc2[nH]c(=O)[nH]c2c1. The third-order valence-corrected chi connectivity index (χ3v) is 4.03. The molecule has 1 aromatic carbocycles. The standard InChI is InChI=1S/C14H17N3O4S/c1-3-21-12(18)7-22-8(2)13(19)15-9-4-5-10-11(6-9)17-14(20)16-10/h4-6,8H,3,7H2,1-2H3,(H,15,19)(H2,16,17,20)/t8-/m0/s1. The van der Waals surface area contributed by atoms with Crippen LogP contribution < -0.4 is 11.0 Å². The fourth-order valence-electron chi connectivity index (χ4n) is 1.83. The highest BCUT2D eigenvalue weighted by Crippen LogP contribution is 2.17. The number of aromatic amines is 2. The minimum atomic E-state index is -0.398. The molecule has 0 aliphatic carbocycles. The minimum absolute atomic E-state index is 0.132. The molecule has 0 spiro atoms. The van der Waals surface area contributed by atoms with E-state index in [-0.39, 0.29) is 23.3 Å². The molecule has 0 saturated heterocycles. The quantitative estimate of drug-likeness (QED) is 0.699. The molecule has 0 aliphatic heterocycles. The van der Waals surface area contributed by atoms with E-state index >= 15 is 0 Å². The maximum absolute atomic E-state index is 12.1. The zero-order valence-corrected chi connectivity index (χ0v) is 13.1. The lowest BCUT2D eigenvalue weighted by atomic mass is 10.2. The van der Waals surface area contributed by atoms with Crippen molar-refractivity contribution in [2.75, 3.05) is 17.7 Å². The molecule has 0 radical (unpaired) electrons. The van der Waals surface area contributed by atoms with Gasteiger partial charge in [0, 0.05) is 5.69 Å². The van der Waals surface area contributed by atoms with Crippen LogP contribution in [0.5, 0.6) is 0 Å². The van der Waals surface area contributed by atoms with E-state index in [0.29, 0.717) is 23.3 Å². The zero-order chi connectivity index (χ0) is 16.1. The average molecular weight is 323 g/mol. The number of carbonyl (C=O) groups is 2. The largest absolute Gasteiger partial charge is 0.465 e. The summed E-state index contributed by atoms with van der Waals surface area (Å²) in [5, 5.41) is 2.35. The number of amides is 1. The number of esters is 1. The highest BCUT2D eigenvalue weighted by molar-refractivity contribution is 8.01. The second-order valence-electron chi connectivity index (χ2n) is 4.59.